The number of benzene rings is 1. The van der Waals surface area contributed by atoms with Crippen molar-refractivity contribution in [3.8, 4) is 0 Å². The van der Waals surface area contributed by atoms with Crippen molar-refractivity contribution in [2.75, 3.05) is 5.32 Å². The van der Waals surface area contributed by atoms with E-state index in [9.17, 15) is 9.18 Å². The van der Waals surface area contributed by atoms with Gasteiger partial charge in [-0.05, 0) is 59.0 Å². The first-order chi connectivity index (χ1) is 9.65. The molecule has 20 heavy (non-hydrogen) atoms. The average molecular weight is 337 g/mol. The molecule has 3 rings (SSSR count). The lowest BCUT2D eigenvalue weighted by atomic mass is 9.91. The summed E-state index contributed by atoms with van der Waals surface area (Å²) in [5.74, 6) is -0.282. The molecular weight excluding hydrogens is 323 g/mol. The number of aromatic nitrogens is 1. The molecule has 0 saturated heterocycles. The van der Waals surface area contributed by atoms with Gasteiger partial charge in [-0.3, -0.25) is 4.79 Å². The van der Waals surface area contributed by atoms with Gasteiger partial charge in [0.05, 0.1) is 11.7 Å². The highest BCUT2D eigenvalue weighted by molar-refractivity contribution is 9.10. The van der Waals surface area contributed by atoms with E-state index in [1.54, 1.807) is 6.07 Å². The van der Waals surface area contributed by atoms with Gasteiger partial charge >= 0.3 is 0 Å². The number of aryl methyl sites for hydroxylation is 1. The van der Waals surface area contributed by atoms with Crippen molar-refractivity contribution in [2.45, 2.75) is 25.3 Å². The number of aromatic amines is 1. The summed E-state index contributed by atoms with van der Waals surface area (Å²) in [5, 5.41) is 3.25. The number of fused-ring (bicyclic) bond motifs is 1. The molecule has 1 aromatic heterocycles. The molecule has 0 spiro atoms. The van der Waals surface area contributed by atoms with Crippen LogP contribution in [0.1, 0.15) is 30.1 Å². The summed E-state index contributed by atoms with van der Waals surface area (Å²) in [4.78, 5) is 14.2. The predicted molar refractivity (Wildman–Crippen MR) is 80.5 cm³/mol. The maximum atomic E-state index is 13.9. The van der Waals surface area contributed by atoms with Crippen LogP contribution in [-0.2, 0) is 6.42 Å². The lowest BCUT2D eigenvalue weighted by molar-refractivity contribution is 0.576. The maximum Gasteiger partial charge on any atom is 0.248 e. The number of nitrogens with one attached hydrogen (secondary N) is 2. The highest BCUT2D eigenvalue weighted by Crippen LogP contribution is 2.34. The van der Waals surface area contributed by atoms with Gasteiger partial charge in [-0.1, -0.05) is 6.07 Å². The summed E-state index contributed by atoms with van der Waals surface area (Å²) in [5.41, 5.74) is 2.38. The van der Waals surface area contributed by atoms with Gasteiger partial charge in [-0.25, -0.2) is 4.39 Å². The smallest absolute Gasteiger partial charge is 0.248 e. The van der Waals surface area contributed by atoms with Crippen LogP contribution in [0.15, 0.2) is 39.6 Å². The van der Waals surface area contributed by atoms with Gasteiger partial charge in [-0.2, -0.15) is 0 Å². The van der Waals surface area contributed by atoms with E-state index in [4.69, 9.17) is 0 Å². The van der Waals surface area contributed by atoms with E-state index in [0.717, 1.165) is 30.5 Å². The highest BCUT2D eigenvalue weighted by atomic mass is 79.9. The number of hydrogen-bond donors (Lipinski definition) is 2. The van der Waals surface area contributed by atoms with Crippen molar-refractivity contribution in [1.29, 1.82) is 0 Å². The zero-order chi connectivity index (χ0) is 14.1. The third-order valence-electron chi connectivity index (χ3n) is 3.61. The molecule has 1 aromatic carbocycles. The zero-order valence-electron chi connectivity index (χ0n) is 10.7. The van der Waals surface area contributed by atoms with E-state index in [2.05, 4.69) is 26.2 Å². The molecule has 104 valence electrons. The number of halogens is 2. The molecular formula is C15H14BrFN2O. The molecule has 0 radical (unpaired) electrons. The molecule has 1 heterocycles. The molecule has 0 bridgehead atoms. The summed E-state index contributed by atoms with van der Waals surface area (Å²) in [6.07, 6.45) is 2.75. The summed E-state index contributed by atoms with van der Waals surface area (Å²) < 4.78 is 14.6. The van der Waals surface area contributed by atoms with Crippen LogP contribution in [-0.4, -0.2) is 4.98 Å². The summed E-state index contributed by atoms with van der Waals surface area (Å²) in [7, 11) is 0. The van der Waals surface area contributed by atoms with Gasteiger partial charge in [-0.15, -0.1) is 0 Å². The Hall–Kier alpha value is -1.62. The minimum atomic E-state index is -0.282. The second kappa shape index (κ2) is 5.40. The van der Waals surface area contributed by atoms with Crippen molar-refractivity contribution in [3.63, 3.8) is 0 Å². The number of anilines is 1. The van der Waals surface area contributed by atoms with Crippen LogP contribution in [0.4, 0.5) is 10.1 Å². The highest BCUT2D eigenvalue weighted by Gasteiger charge is 2.22. The standard InChI is InChI=1S/C15H14BrFN2O/c16-10-3-1-4-11(17)15(10)19-13-6-2-5-12-9(13)7-8-14(20)18-12/h1,3-4,7-8,13,19H,2,5-6H2,(H,18,20). The molecule has 3 nitrogen and oxygen atoms in total. The Morgan fingerprint density at radius 1 is 1.30 bits per heavy atom. The molecule has 2 aromatic rings. The fraction of sp³-hybridized carbons (Fsp3) is 0.267. The molecule has 0 fully saturated rings. The Bertz CT molecular complexity index is 678. The molecule has 5 heteroatoms. The molecule has 1 aliphatic carbocycles. The maximum absolute atomic E-state index is 13.9. The van der Waals surface area contributed by atoms with Gasteiger partial charge in [0.25, 0.3) is 0 Å². The molecule has 1 atom stereocenters. The van der Waals surface area contributed by atoms with E-state index < -0.39 is 0 Å². The topological polar surface area (TPSA) is 44.9 Å². The van der Waals surface area contributed by atoms with Gasteiger partial charge in [0.15, 0.2) is 0 Å². The Labute approximate surface area is 124 Å². The molecule has 2 N–H and O–H groups in total. The third kappa shape index (κ3) is 2.50. The zero-order valence-corrected chi connectivity index (χ0v) is 12.3. The fourth-order valence-electron chi connectivity index (χ4n) is 2.66. The quantitative estimate of drug-likeness (QED) is 0.876. The third-order valence-corrected chi connectivity index (χ3v) is 4.27. The first kappa shape index (κ1) is 13.4. The number of hydrogen-bond acceptors (Lipinski definition) is 2. The van der Waals surface area contributed by atoms with Crippen LogP contribution in [0.5, 0.6) is 0 Å². The van der Waals surface area contributed by atoms with Crippen molar-refractivity contribution < 1.29 is 4.39 Å². The summed E-state index contributed by atoms with van der Waals surface area (Å²) >= 11 is 3.37. The van der Waals surface area contributed by atoms with Gasteiger partial charge in [0.1, 0.15) is 5.82 Å². The first-order valence-corrected chi connectivity index (χ1v) is 7.37. The Morgan fingerprint density at radius 3 is 2.95 bits per heavy atom. The van der Waals surface area contributed by atoms with Crippen LogP contribution in [0.2, 0.25) is 0 Å². The van der Waals surface area contributed by atoms with E-state index in [1.807, 2.05) is 12.1 Å². The predicted octanol–water partition coefficient (Wildman–Crippen LogP) is 3.77. The summed E-state index contributed by atoms with van der Waals surface area (Å²) in [6, 6.07) is 8.28. The van der Waals surface area contributed by atoms with E-state index in [1.165, 1.54) is 12.1 Å². The van der Waals surface area contributed by atoms with Crippen LogP contribution in [0, 0.1) is 5.82 Å². The van der Waals surface area contributed by atoms with Crippen LogP contribution >= 0.6 is 15.9 Å². The van der Waals surface area contributed by atoms with E-state index in [-0.39, 0.29) is 17.4 Å². The van der Waals surface area contributed by atoms with Crippen LogP contribution in [0.3, 0.4) is 0 Å². The molecule has 0 amide bonds. The van der Waals surface area contributed by atoms with Crippen LogP contribution < -0.4 is 10.9 Å². The average Bonchev–Trinajstić information content (AvgIpc) is 2.42. The number of rotatable bonds is 2. The van der Waals surface area contributed by atoms with Gasteiger partial charge < -0.3 is 10.3 Å². The molecule has 1 unspecified atom stereocenters. The van der Waals surface area contributed by atoms with Crippen molar-refractivity contribution in [2.24, 2.45) is 0 Å². The normalized spacial score (nSPS) is 17.6. The molecule has 1 aliphatic rings. The molecule has 0 aliphatic heterocycles. The Morgan fingerprint density at radius 2 is 2.15 bits per heavy atom. The monoisotopic (exact) mass is 336 g/mol. The fourth-order valence-corrected chi connectivity index (χ4v) is 3.12. The number of pyridine rings is 1. The summed E-state index contributed by atoms with van der Waals surface area (Å²) in [6.45, 7) is 0. The lowest BCUT2D eigenvalue weighted by Crippen LogP contribution is -2.22. The minimum Gasteiger partial charge on any atom is -0.375 e. The van der Waals surface area contributed by atoms with Gasteiger partial charge in [0, 0.05) is 16.2 Å². The Balaban J connectivity index is 1.96. The number of para-hydroxylation sites is 1. The molecule has 0 saturated carbocycles. The van der Waals surface area contributed by atoms with Gasteiger partial charge in [0.2, 0.25) is 5.56 Å². The lowest BCUT2D eigenvalue weighted by Gasteiger charge is -2.27. The second-order valence-electron chi connectivity index (χ2n) is 4.94. The SMILES string of the molecule is O=c1ccc2c([nH]1)CCCC2Nc1c(F)cccc1Br. The van der Waals surface area contributed by atoms with E-state index in [0.29, 0.717) is 10.2 Å². The van der Waals surface area contributed by atoms with Crippen molar-refractivity contribution in [1.82, 2.24) is 4.98 Å². The minimum absolute atomic E-state index is 0.0174. The number of H-pyrrole nitrogens is 1. The van der Waals surface area contributed by atoms with E-state index >= 15 is 0 Å². The largest absolute Gasteiger partial charge is 0.375 e. The van der Waals surface area contributed by atoms with Crippen molar-refractivity contribution in [3.05, 3.63) is 62.2 Å². The van der Waals surface area contributed by atoms with Crippen molar-refractivity contribution >= 4 is 21.6 Å². The Kier molecular flexibility index (Phi) is 3.61. The first-order valence-electron chi connectivity index (χ1n) is 6.58. The van der Waals surface area contributed by atoms with Crippen LogP contribution in [0.25, 0.3) is 0 Å². The second-order valence-corrected chi connectivity index (χ2v) is 5.80.